The third kappa shape index (κ3) is 5.52. The molecule has 2 N–H and O–H groups in total. The number of para-hydroxylation sites is 1. The normalized spacial score (nSPS) is 10.7. The van der Waals surface area contributed by atoms with Gasteiger partial charge in [0.05, 0.1) is 12.2 Å². The van der Waals surface area contributed by atoms with E-state index in [1.807, 2.05) is 73.7 Å². The zero-order valence-electron chi connectivity index (χ0n) is 18.8. The molecule has 1 heterocycles. The first kappa shape index (κ1) is 23.3. The molecule has 0 radical (unpaired) electrons. The second-order valence-corrected chi connectivity index (χ2v) is 8.64. The molecule has 0 aliphatic heterocycles. The van der Waals surface area contributed by atoms with Crippen LogP contribution in [0.3, 0.4) is 0 Å². The molecule has 1 aromatic heterocycles. The fraction of sp³-hybridized carbons (Fsp3) is 0.154. The lowest BCUT2D eigenvalue weighted by Crippen LogP contribution is -2.18. The quantitative estimate of drug-likeness (QED) is 0.269. The molecule has 0 bridgehead atoms. The number of hydrogen-bond donors (Lipinski definition) is 2. The Hall–Kier alpha value is -3.91. The number of allylic oxidation sites excluding steroid dienone is 1. The second kappa shape index (κ2) is 10.8. The summed E-state index contributed by atoms with van der Waals surface area (Å²) in [6.45, 7) is 6.17. The second-order valence-electron chi connectivity index (χ2n) is 7.70. The Balaban J connectivity index is 1.41. The minimum absolute atomic E-state index is 0.0674. The van der Waals surface area contributed by atoms with E-state index in [-0.39, 0.29) is 24.0 Å². The van der Waals surface area contributed by atoms with E-state index in [0.717, 1.165) is 27.7 Å². The molecule has 2 amide bonds. The summed E-state index contributed by atoms with van der Waals surface area (Å²) in [4.78, 5) is 25.2. The molecular formula is C26H25N5O2S. The zero-order chi connectivity index (χ0) is 23.9. The van der Waals surface area contributed by atoms with E-state index in [1.165, 1.54) is 11.8 Å². The van der Waals surface area contributed by atoms with Crippen LogP contribution in [0.1, 0.15) is 11.4 Å². The van der Waals surface area contributed by atoms with Gasteiger partial charge < -0.3 is 15.2 Å². The van der Waals surface area contributed by atoms with E-state index in [4.69, 9.17) is 0 Å². The Bertz CT molecular complexity index is 1340. The predicted molar refractivity (Wildman–Crippen MR) is 137 cm³/mol. The smallest absolute Gasteiger partial charge is 0.234 e. The van der Waals surface area contributed by atoms with Gasteiger partial charge in [-0.05, 0) is 30.0 Å². The number of carbonyl (C=O) groups excluding carboxylic acids is 2. The number of thioether (sulfide) groups is 1. The number of fused-ring (bicyclic) bond motifs is 1. The average molecular weight is 472 g/mol. The minimum Gasteiger partial charge on any atom is -0.325 e. The van der Waals surface area contributed by atoms with Crippen LogP contribution in [0.25, 0.3) is 10.8 Å². The highest BCUT2D eigenvalue weighted by molar-refractivity contribution is 7.99. The first-order chi connectivity index (χ1) is 16.5. The average Bonchev–Trinajstić information content (AvgIpc) is 3.20. The Morgan fingerprint density at radius 1 is 0.941 bits per heavy atom. The van der Waals surface area contributed by atoms with Gasteiger partial charge in [0.2, 0.25) is 11.8 Å². The molecule has 4 rings (SSSR count). The van der Waals surface area contributed by atoms with Gasteiger partial charge in [0.25, 0.3) is 0 Å². The van der Waals surface area contributed by atoms with Gasteiger partial charge in [-0.2, -0.15) is 0 Å². The van der Waals surface area contributed by atoms with E-state index >= 15 is 0 Å². The van der Waals surface area contributed by atoms with Crippen LogP contribution in [0.5, 0.6) is 0 Å². The van der Waals surface area contributed by atoms with Crippen molar-refractivity contribution in [2.75, 3.05) is 16.4 Å². The number of amides is 2. The number of benzene rings is 3. The van der Waals surface area contributed by atoms with Gasteiger partial charge in [-0.25, -0.2) is 0 Å². The molecule has 4 aromatic rings. The van der Waals surface area contributed by atoms with Crippen LogP contribution < -0.4 is 10.6 Å². The molecule has 0 fully saturated rings. The topological polar surface area (TPSA) is 88.9 Å². The van der Waals surface area contributed by atoms with Crippen molar-refractivity contribution in [3.05, 3.63) is 90.8 Å². The van der Waals surface area contributed by atoms with Crippen molar-refractivity contribution in [3.8, 4) is 0 Å². The molecule has 34 heavy (non-hydrogen) atoms. The van der Waals surface area contributed by atoms with Gasteiger partial charge in [-0.3, -0.25) is 9.59 Å². The lowest BCUT2D eigenvalue weighted by molar-refractivity contribution is -0.116. The third-order valence-corrected chi connectivity index (χ3v) is 6.21. The first-order valence-corrected chi connectivity index (χ1v) is 11.8. The van der Waals surface area contributed by atoms with Crippen molar-refractivity contribution in [2.45, 2.75) is 25.0 Å². The number of nitrogens with one attached hydrogen (secondary N) is 2. The maximum absolute atomic E-state index is 12.6. The van der Waals surface area contributed by atoms with Gasteiger partial charge in [0.1, 0.15) is 5.82 Å². The van der Waals surface area contributed by atoms with Gasteiger partial charge in [-0.15, -0.1) is 16.8 Å². The predicted octanol–water partition coefficient (Wildman–Crippen LogP) is 4.84. The number of carbonyl (C=O) groups is 2. The molecule has 0 saturated heterocycles. The Morgan fingerprint density at radius 2 is 1.65 bits per heavy atom. The number of aryl methyl sites for hydroxylation is 1. The van der Waals surface area contributed by atoms with Crippen molar-refractivity contribution in [2.24, 2.45) is 0 Å². The molecule has 8 heteroatoms. The molecule has 3 aromatic carbocycles. The Labute approximate surface area is 202 Å². The molecule has 0 spiro atoms. The molecule has 0 unspecified atom stereocenters. The molecule has 0 aliphatic carbocycles. The zero-order valence-corrected chi connectivity index (χ0v) is 19.6. The van der Waals surface area contributed by atoms with E-state index in [2.05, 4.69) is 27.4 Å². The molecule has 172 valence electrons. The van der Waals surface area contributed by atoms with Crippen molar-refractivity contribution < 1.29 is 9.59 Å². The maximum atomic E-state index is 12.6. The first-order valence-electron chi connectivity index (χ1n) is 10.8. The maximum Gasteiger partial charge on any atom is 0.234 e. The Kier molecular flexibility index (Phi) is 7.39. The van der Waals surface area contributed by atoms with Crippen LogP contribution in [-0.4, -0.2) is 32.3 Å². The fourth-order valence-corrected chi connectivity index (χ4v) is 4.34. The lowest BCUT2D eigenvalue weighted by Gasteiger charge is -2.10. The SMILES string of the molecule is C=CCn1c(CC(=O)Nc2ccccc2C)nnc1SCC(=O)Nc1cccc2ccccc12. The van der Waals surface area contributed by atoms with Gasteiger partial charge >= 0.3 is 0 Å². The minimum atomic E-state index is -0.183. The summed E-state index contributed by atoms with van der Waals surface area (Å²) in [5.74, 6) is 0.349. The number of anilines is 2. The molecular weight excluding hydrogens is 446 g/mol. The van der Waals surface area contributed by atoms with Gasteiger partial charge in [-0.1, -0.05) is 72.4 Å². The summed E-state index contributed by atoms with van der Waals surface area (Å²) in [6.07, 6.45) is 1.78. The summed E-state index contributed by atoms with van der Waals surface area (Å²) in [5, 5.41) is 16.9. The summed E-state index contributed by atoms with van der Waals surface area (Å²) < 4.78 is 1.81. The van der Waals surface area contributed by atoms with Gasteiger partial charge in [0, 0.05) is 23.3 Å². The fourth-order valence-electron chi connectivity index (χ4n) is 3.57. The number of hydrogen-bond acceptors (Lipinski definition) is 5. The highest BCUT2D eigenvalue weighted by Gasteiger charge is 2.17. The highest BCUT2D eigenvalue weighted by Crippen LogP contribution is 2.24. The summed E-state index contributed by atoms with van der Waals surface area (Å²) >= 11 is 1.27. The number of aromatic nitrogens is 3. The molecule has 0 atom stereocenters. The summed E-state index contributed by atoms with van der Waals surface area (Å²) in [5.41, 5.74) is 2.52. The van der Waals surface area contributed by atoms with Crippen molar-refractivity contribution in [1.29, 1.82) is 0 Å². The van der Waals surface area contributed by atoms with E-state index in [1.54, 1.807) is 10.6 Å². The highest BCUT2D eigenvalue weighted by atomic mass is 32.2. The largest absolute Gasteiger partial charge is 0.325 e. The van der Waals surface area contributed by atoms with Crippen LogP contribution in [-0.2, 0) is 22.6 Å². The monoisotopic (exact) mass is 471 g/mol. The van der Waals surface area contributed by atoms with E-state index < -0.39 is 0 Å². The van der Waals surface area contributed by atoms with Crippen molar-refractivity contribution >= 4 is 45.7 Å². The van der Waals surface area contributed by atoms with Crippen molar-refractivity contribution in [3.63, 3.8) is 0 Å². The Morgan fingerprint density at radius 3 is 2.47 bits per heavy atom. The van der Waals surface area contributed by atoms with Crippen LogP contribution in [0.15, 0.2) is 84.5 Å². The summed E-state index contributed by atoms with van der Waals surface area (Å²) in [6, 6.07) is 21.3. The molecule has 7 nitrogen and oxygen atoms in total. The van der Waals surface area contributed by atoms with Crippen LogP contribution in [0, 0.1) is 6.92 Å². The van der Waals surface area contributed by atoms with E-state index in [0.29, 0.717) is 17.5 Å². The van der Waals surface area contributed by atoms with Gasteiger partial charge in [0.15, 0.2) is 5.16 Å². The number of rotatable bonds is 9. The molecule has 0 aliphatic rings. The van der Waals surface area contributed by atoms with Crippen LogP contribution in [0.4, 0.5) is 11.4 Å². The lowest BCUT2D eigenvalue weighted by atomic mass is 10.1. The van der Waals surface area contributed by atoms with Crippen LogP contribution >= 0.6 is 11.8 Å². The summed E-state index contributed by atoms with van der Waals surface area (Å²) in [7, 11) is 0. The molecule has 0 saturated carbocycles. The van der Waals surface area contributed by atoms with Crippen LogP contribution in [0.2, 0.25) is 0 Å². The van der Waals surface area contributed by atoms with Crippen molar-refractivity contribution in [1.82, 2.24) is 14.8 Å². The number of nitrogens with zero attached hydrogens (tertiary/aromatic N) is 3. The standard InChI is InChI=1S/C26H25N5O2S/c1-3-15-31-23(16-24(32)27-21-13-7-4-9-18(21)2)29-30-26(31)34-17-25(33)28-22-14-8-11-19-10-5-6-12-20(19)22/h3-14H,1,15-17H2,2H3,(H,27,32)(H,28,33). The third-order valence-electron chi connectivity index (χ3n) is 5.24. The van der Waals surface area contributed by atoms with E-state index in [9.17, 15) is 9.59 Å².